The molecule has 0 amide bonds. The Balaban J connectivity index is 1.60. The zero-order valence-electron chi connectivity index (χ0n) is 11.9. The molecule has 3 heterocycles. The van der Waals surface area contributed by atoms with Crippen molar-refractivity contribution < 1.29 is 0 Å². The highest BCUT2D eigenvalue weighted by atomic mass is 79.9. The van der Waals surface area contributed by atoms with Crippen LogP contribution in [0.3, 0.4) is 0 Å². The summed E-state index contributed by atoms with van der Waals surface area (Å²) in [6, 6.07) is 6.35. The number of nitrogens with one attached hydrogen (secondary N) is 2. The van der Waals surface area contributed by atoms with Crippen molar-refractivity contribution in [1.82, 2.24) is 19.9 Å². The number of benzene rings is 1. The molecule has 0 spiro atoms. The fraction of sp³-hybridized carbons (Fsp3) is 0.250. The van der Waals surface area contributed by atoms with E-state index in [0.717, 1.165) is 30.5 Å². The molecule has 0 bridgehead atoms. The summed E-state index contributed by atoms with van der Waals surface area (Å²) in [6.07, 6.45) is 5.02. The molecule has 0 fully saturated rings. The van der Waals surface area contributed by atoms with Gasteiger partial charge >= 0.3 is 0 Å². The molecule has 1 aliphatic heterocycles. The Hall–Kier alpha value is -1.50. The Morgan fingerprint density at radius 2 is 2.27 bits per heavy atom. The molecule has 1 aliphatic rings. The number of fused-ring (bicyclic) bond motifs is 2. The minimum Gasteiger partial charge on any atom is -0.361 e. The van der Waals surface area contributed by atoms with Gasteiger partial charge in [-0.25, -0.2) is 4.98 Å². The van der Waals surface area contributed by atoms with Crippen molar-refractivity contribution in [3.8, 4) is 0 Å². The highest BCUT2D eigenvalue weighted by Gasteiger charge is 2.18. The third-order valence-corrected chi connectivity index (χ3v) is 4.88. The zero-order valence-corrected chi connectivity index (χ0v) is 14.3. The van der Waals surface area contributed by atoms with E-state index in [2.05, 4.69) is 60.2 Å². The van der Waals surface area contributed by atoms with Gasteiger partial charge in [-0.2, -0.15) is 0 Å². The molecule has 0 saturated carbocycles. The highest BCUT2D eigenvalue weighted by molar-refractivity contribution is 9.10. The lowest BCUT2D eigenvalue weighted by Crippen LogP contribution is -2.30. The first kappa shape index (κ1) is 14.1. The predicted octanol–water partition coefficient (Wildman–Crippen LogP) is 3.94. The van der Waals surface area contributed by atoms with Crippen molar-refractivity contribution in [3.63, 3.8) is 0 Å². The van der Waals surface area contributed by atoms with Gasteiger partial charge in [-0.05, 0) is 36.0 Å². The summed E-state index contributed by atoms with van der Waals surface area (Å²) in [5.74, 6) is 0. The van der Waals surface area contributed by atoms with Crippen LogP contribution in [-0.2, 0) is 19.5 Å². The van der Waals surface area contributed by atoms with Crippen LogP contribution in [0.15, 0.2) is 35.1 Å². The van der Waals surface area contributed by atoms with E-state index in [1.807, 2.05) is 6.20 Å². The average molecular weight is 375 g/mol. The van der Waals surface area contributed by atoms with Gasteiger partial charge in [0.1, 0.15) is 0 Å². The number of H-pyrrole nitrogens is 2. The molecule has 0 unspecified atom stereocenters. The lowest BCUT2D eigenvalue weighted by atomic mass is 10.1. The lowest BCUT2D eigenvalue weighted by molar-refractivity contribution is 0.243. The van der Waals surface area contributed by atoms with E-state index in [1.54, 1.807) is 0 Å². The fourth-order valence-electron chi connectivity index (χ4n) is 3.06. The summed E-state index contributed by atoms with van der Waals surface area (Å²) in [4.78, 5) is 13.2. The van der Waals surface area contributed by atoms with E-state index in [-0.39, 0.29) is 0 Å². The molecule has 4 nitrogen and oxygen atoms in total. The van der Waals surface area contributed by atoms with Crippen LogP contribution in [0.1, 0.15) is 16.8 Å². The standard InChI is InChI=1S/C16H15BrN4S/c17-12-1-2-15-13(5-12)10(6-18-15)8-21-4-3-14-11(9-21)7-19-16(22)20-14/h1-2,5-7,18H,3-4,8-9H2,(H,19,20,22). The van der Waals surface area contributed by atoms with Gasteiger partial charge in [-0.15, -0.1) is 0 Å². The average Bonchev–Trinajstić information content (AvgIpc) is 2.90. The highest BCUT2D eigenvalue weighted by Crippen LogP contribution is 2.25. The minimum atomic E-state index is 0.577. The number of aromatic nitrogens is 3. The number of halogens is 1. The van der Waals surface area contributed by atoms with Crippen molar-refractivity contribution in [1.29, 1.82) is 0 Å². The monoisotopic (exact) mass is 374 g/mol. The van der Waals surface area contributed by atoms with Crippen LogP contribution < -0.4 is 0 Å². The fourth-order valence-corrected chi connectivity index (χ4v) is 3.60. The van der Waals surface area contributed by atoms with Gasteiger partial charge in [-0.3, -0.25) is 4.90 Å². The molecule has 22 heavy (non-hydrogen) atoms. The summed E-state index contributed by atoms with van der Waals surface area (Å²) in [5, 5.41) is 1.28. The Labute approximate surface area is 141 Å². The maximum absolute atomic E-state index is 5.10. The maximum atomic E-state index is 5.10. The third kappa shape index (κ3) is 2.62. The number of nitrogens with zero attached hydrogens (tertiary/aromatic N) is 2. The van der Waals surface area contributed by atoms with Gasteiger partial charge in [0.25, 0.3) is 0 Å². The molecular formula is C16H15BrN4S. The van der Waals surface area contributed by atoms with Crippen molar-refractivity contribution in [3.05, 3.63) is 56.7 Å². The Bertz CT molecular complexity index is 899. The molecule has 4 rings (SSSR count). The SMILES string of the molecule is S=c1ncc2c([nH]1)CCN(Cc1c[nH]c3ccc(Br)cc13)C2. The van der Waals surface area contributed by atoms with E-state index in [0.29, 0.717) is 4.77 Å². The molecule has 3 aromatic rings. The maximum Gasteiger partial charge on any atom is 0.196 e. The van der Waals surface area contributed by atoms with Gasteiger partial charge in [0, 0.05) is 65.1 Å². The van der Waals surface area contributed by atoms with Crippen molar-refractivity contribution in [2.75, 3.05) is 6.54 Å². The number of hydrogen-bond acceptors (Lipinski definition) is 3. The van der Waals surface area contributed by atoms with Crippen molar-refractivity contribution >= 4 is 39.1 Å². The van der Waals surface area contributed by atoms with Gasteiger partial charge in [-0.1, -0.05) is 15.9 Å². The van der Waals surface area contributed by atoms with E-state index in [4.69, 9.17) is 12.2 Å². The Morgan fingerprint density at radius 1 is 1.36 bits per heavy atom. The lowest BCUT2D eigenvalue weighted by Gasteiger charge is -2.27. The number of aromatic amines is 2. The van der Waals surface area contributed by atoms with E-state index in [9.17, 15) is 0 Å². The first-order valence-electron chi connectivity index (χ1n) is 7.24. The van der Waals surface area contributed by atoms with E-state index >= 15 is 0 Å². The van der Waals surface area contributed by atoms with Crippen LogP contribution >= 0.6 is 28.1 Å². The molecule has 0 aliphatic carbocycles. The Kier molecular flexibility index (Phi) is 3.60. The molecule has 0 radical (unpaired) electrons. The summed E-state index contributed by atoms with van der Waals surface area (Å²) < 4.78 is 1.69. The van der Waals surface area contributed by atoms with Crippen LogP contribution in [-0.4, -0.2) is 26.4 Å². The van der Waals surface area contributed by atoms with Crippen molar-refractivity contribution in [2.45, 2.75) is 19.5 Å². The summed E-state index contributed by atoms with van der Waals surface area (Å²) >= 11 is 8.65. The third-order valence-electron chi connectivity index (χ3n) is 4.18. The second-order valence-corrected chi connectivity index (χ2v) is 6.96. The van der Waals surface area contributed by atoms with E-state index in [1.165, 1.54) is 27.7 Å². The van der Waals surface area contributed by atoms with Gasteiger partial charge < -0.3 is 9.97 Å². The largest absolute Gasteiger partial charge is 0.361 e. The predicted molar refractivity (Wildman–Crippen MR) is 93.2 cm³/mol. The van der Waals surface area contributed by atoms with Crippen LogP contribution in [0.4, 0.5) is 0 Å². The summed E-state index contributed by atoms with van der Waals surface area (Å²) in [6.45, 7) is 2.88. The normalized spacial score (nSPS) is 15.1. The topological polar surface area (TPSA) is 47.7 Å². The molecule has 1 aromatic carbocycles. The molecule has 0 atom stereocenters. The van der Waals surface area contributed by atoms with Gasteiger partial charge in [0.2, 0.25) is 0 Å². The minimum absolute atomic E-state index is 0.577. The van der Waals surface area contributed by atoms with E-state index < -0.39 is 0 Å². The molecule has 112 valence electrons. The molecule has 2 N–H and O–H groups in total. The first-order valence-corrected chi connectivity index (χ1v) is 8.44. The molecule has 2 aromatic heterocycles. The summed E-state index contributed by atoms with van der Waals surface area (Å²) in [7, 11) is 0. The van der Waals surface area contributed by atoms with Crippen LogP contribution in [0.2, 0.25) is 0 Å². The Morgan fingerprint density at radius 3 is 3.18 bits per heavy atom. The number of rotatable bonds is 2. The second-order valence-electron chi connectivity index (χ2n) is 5.66. The quantitative estimate of drug-likeness (QED) is 0.667. The van der Waals surface area contributed by atoms with Crippen LogP contribution in [0.5, 0.6) is 0 Å². The zero-order chi connectivity index (χ0) is 15.1. The van der Waals surface area contributed by atoms with Crippen LogP contribution in [0.25, 0.3) is 10.9 Å². The summed E-state index contributed by atoms with van der Waals surface area (Å²) in [5.41, 5.74) is 5.00. The van der Waals surface area contributed by atoms with Crippen LogP contribution in [0, 0.1) is 4.77 Å². The second kappa shape index (κ2) is 5.61. The molecule has 6 heteroatoms. The van der Waals surface area contributed by atoms with Crippen molar-refractivity contribution in [2.24, 2.45) is 0 Å². The van der Waals surface area contributed by atoms with Gasteiger partial charge in [0.05, 0.1) is 0 Å². The van der Waals surface area contributed by atoms with Gasteiger partial charge in [0.15, 0.2) is 4.77 Å². The smallest absolute Gasteiger partial charge is 0.196 e. The number of hydrogen-bond donors (Lipinski definition) is 2. The first-order chi connectivity index (χ1) is 10.7. The molecule has 0 saturated heterocycles. The molecular weight excluding hydrogens is 360 g/mol.